The van der Waals surface area contributed by atoms with E-state index in [1.54, 1.807) is 31.4 Å². The van der Waals surface area contributed by atoms with Crippen molar-refractivity contribution in [2.75, 3.05) is 7.11 Å². The van der Waals surface area contributed by atoms with Gasteiger partial charge >= 0.3 is 5.69 Å². The minimum absolute atomic E-state index is 0.286. The Balaban J connectivity index is 1.74. The third-order valence-electron chi connectivity index (χ3n) is 3.89. The van der Waals surface area contributed by atoms with Crippen LogP contribution in [0.2, 0.25) is 0 Å². The molecule has 0 aliphatic rings. The van der Waals surface area contributed by atoms with Gasteiger partial charge in [0.15, 0.2) is 0 Å². The first-order chi connectivity index (χ1) is 14.0. The van der Waals surface area contributed by atoms with Crippen molar-refractivity contribution in [3.8, 4) is 5.75 Å². The largest absolute Gasteiger partial charge is 0.497 e. The number of aromatic nitrogens is 2. The van der Waals surface area contributed by atoms with Gasteiger partial charge in [-0.25, -0.2) is 5.43 Å². The number of rotatable bonds is 7. The van der Waals surface area contributed by atoms with Gasteiger partial charge in [-0.05, 0) is 35.4 Å². The molecule has 29 heavy (non-hydrogen) atoms. The van der Waals surface area contributed by atoms with Gasteiger partial charge in [-0.3, -0.25) is 19.6 Å². The zero-order chi connectivity index (χ0) is 20.8. The third kappa shape index (κ3) is 5.26. The highest BCUT2D eigenvalue weighted by atomic mass is 79.9. The number of carbonyl (C=O) groups excluding carboxylic acids is 1. The summed E-state index contributed by atoms with van der Waals surface area (Å²) in [6.07, 6.45) is 2.63. The summed E-state index contributed by atoms with van der Waals surface area (Å²) < 4.78 is 7.38. The van der Waals surface area contributed by atoms with E-state index < -0.39 is 16.5 Å². The Labute approximate surface area is 174 Å². The van der Waals surface area contributed by atoms with Gasteiger partial charge in [0.2, 0.25) is 5.69 Å². The zero-order valence-electron chi connectivity index (χ0n) is 15.3. The lowest BCUT2D eigenvalue weighted by atomic mass is 10.2. The predicted octanol–water partition coefficient (Wildman–Crippen LogP) is 3.37. The molecule has 0 bridgehead atoms. The normalized spacial score (nSPS) is 10.8. The van der Waals surface area contributed by atoms with Crippen LogP contribution in [0.15, 0.2) is 64.3 Å². The summed E-state index contributed by atoms with van der Waals surface area (Å²) in [5.74, 6) is -0.131. The molecule has 3 rings (SSSR count). The molecule has 0 aliphatic heterocycles. The highest BCUT2D eigenvalue weighted by molar-refractivity contribution is 9.10. The summed E-state index contributed by atoms with van der Waals surface area (Å²) in [5.41, 5.74) is 3.14. The fourth-order valence-electron chi connectivity index (χ4n) is 2.50. The average Bonchev–Trinajstić information content (AvgIpc) is 3.14. The van der Waals surface area contributed by atoms with Gasteiger partial charge in [-0.15, -0.1) is 0 Å². The molecule has 0 spiro atoms. The van der Waals surface area contributed by atoms with E-state index in [1.165, 1.54) is 17.1 Å². The smallest absolute Gasteiger partial charge is 0.320 e. The molecule has 1 amide bonds. The summed E-state index contributed by atoms with van der Waals surface area (Å²) >= 11 is 3.35. The van der Waals surface area contributed by atoms with Crippen LogP contribution in [0, 0.1) is 10.1 Å². The number of carbonyl (C=O) groups is 1. The third-order valence-corrected chi connectivity index (χ3v) is 4.41. The lowest BCUT2D eigenvalue weighted by molar-refractivity contribution is -0.385. The Morgan fingerprint density at radius 3 is 2.79 bits per heavy atom. The van der Waals surface area contributed by atoms with Crippen molar-refractivity contribution in [2.45, 2.75) is 6.54 Å². The lowest BCUT2D eigenvalue weighted by Crippen LogP contribution is -2.19. The number of amides is 1. The maximum Gasteiger partial charge on any atom is 0.320 e. The van der Waals surface area contributed by atoms with Crippen LogP contribution in [0.25, 0.3) is 0 Å². The maximum atomic E-state index is 12.4. The highest BCUT2D eigenvalue weighted by Crippen LogP contribution is 2.18. The van der Waals surface area contributed by atoms with Crippen LogP contribution in [-0.2, 0) is 6.54 Å². The fraction of sp³-hybridized carbons (Fsp3) is 0.105. The number of hydrazone groups is 1. The molecule has 1 aromatic heterocycles. The molecular weight excluding hydrogens is 442 g/mol. The molecular formula is C19H16BrN5O4. The molecule has 9 nitrogen and oxygen atoms in total. The number of nitrogens with zero attached hydrogens (tertiary/aromatic N) is 4. The van der Waals surface area contributed by atoms with Crippen molar-refractivity contribution in [1.82, 2.24) is 15.2 Å². The maximum absolute atomic E-state index is 12.4. The summed E-state index contributed by atoms with van der Waals surface area (Å²) in [5, 5.41) is 19.2. The van der Waals surface area contributed by atoms with Gasteiger partial charge < -0.3 is 4.74 Å². The quantitative estimate of drug-likeness (QED) is 0.332. The molecule has 0 saturated heterocycles. The van der Waals surface area contributed by atoms with Crippen LogP contribution in [0.3, 0.4) is 0 Å². The molecule has 0 aliphatic carbocycles. The molecule has 3 aromatic rings. The standard InChI is InChI=1S/C19H16BrN5O4/c1-29-16-4-2-3-14(9-16)10-21-22-19(26)18-17(25(27)28)12-24(23-18)11-13-5-7-15(20)8-6-13/h2-10,12H,11H2,1H3,(H,22,26)/b21-10-. The van der Waals surface area contributed by atoms with Crippen LogP contribution in [0.5, 0.6) is 5.75 Å². The van der Waals surface area contributed by atoms with E-state index in [0.29, 0.717) is 11.3 Å². The monoisotopic (exact) mass is 457 g/mol. The van der Waals surface area contributed by atoms with Gasteiger partial charge in [0.25, 0.3) is 5.91 Å². The molecule has 0 unspecified atom stereocenters. The van der Waals surface area contributed by atoms with E-state index in [1.807, 2.05) is 24.3 Å². The molecule has 2 aromatic carbocycles. The van der Waals surface area contributed by atoms with E-state index in [0.717, 1.165) is 10.0 Å². The minimum Gasteiger partial charge on any atom is -0.497 e. The van der Waals surface area contributed by atoms with Gasteiger partial charge in [-0.1, -0.05) is 40.2 Å². The predicted molar refractivity (Wildman–Crippen MR) is 110 cm³/mol. The van der Waals surface area contributed by atoms with Gasteiger partial charge in [0.05, 0.1) is 24.8 Å². The molecule has 0 radical (unpaired) electrons. The van der Waals surface area contributed by atoms with E-state index >= 15 is 0 Å². The van der Waals surface area contributed by atoms with Crippen molar-refractivity contribution in [2.24, 2.45) is 5.10 Å². The number of hydrogen-bond donors (Lipinski definition) is 1. The van der Waals surface area contributed by atoms with Crippen molar-refractivity contribution in [1.29, 1.82) is 0 Å². The van der Waals surface area contributed by atoms with Gasteiger partial charge in [-0.2, -0.15) is 10.2 Å². The molecule has 1 heterocycles. The number of hydrogen-bond acceptors (Lipinski definition) is 6. The van der Waals surface area contributed by atoms with Crippen LogP contribution in [0.4, 0.5) is 5.69 Å². The van der Waals surface area contributed by atoms with E-state index in [9.17, 15) is 14.9 Å². The minimum atomic E-state index is -0.773. The topological polar surface area (TPSA) is 112 Å². The molecule has 148 valence electrons. The molecule has 0 atom stereocenters. The summed E-state index contributed by atoms with van der Waals surface area (Å²) in [6, 6.07) is 14.5. The second-order valence-electron chi connectivity index (χ2n) is 5.92. The molecule has 1 N–H and O–H groups in total. The average molecular weight is 458 g/mol. The van der Waals surface area contributed by atoms with Crippen LogP contribution >= 0.6 is 15.9 Å². The van der Waals surface area contributed by atoms with Crippen molar-refractivity contribution in [3.63, 3.8) is 0 Å². The number of ether oxygens (including phenoxy) is 1. The van der Waals surface area contributed by atoms with Crippen molar-refractivity contribution in [3.05, 3.63) is 86.1 Å². The first-order valence-corrected chi connectivity index (χ1v) is 9.19. The number of halogens is 1. The second kappa shape index (κ2) is 9.11. The molecule has 10 heteroatoms. The zero-order valence-corrected chi connectivity index (χ0v) is 16.9. The van der Waals surface area contributed by atoms with Gasteiger partial charge in [0.1, 0.15) is 11.9 Å². The SMILES string of the molecule is COc1cccc(/C=N\NC(=O)c2nn(Cc3ccc(Br)cc3)cc2[N+](=O)[O-])c1. The number of nitrogens with one attached hydrogen (secondary N) is 1. The van der Waals surface area contributed by atoms with Crippen LogP contribution < -0.4 is 10.2 Å². The first-order valence-electron chi connectivity index (χ1n) is 8.40. The summed E-state index contributed by atoms with van der Waals surface area (Å²) in [4.78, 5) is 23.0. The fourth-order valence-corrected chi connectivity index (χ4v) is 2.77. The van der Waals surface area contributed by atoms with E-state index in [-0.39, 0.29) is 12.2 Å². The van der Waals surface area contributed by atoms with Crippen LogP contribution in [0.1, 0.15) is 21.6 Å². The Hall–Kier alpha value is -3.53. The second-order valence-corrected chi connectivity index (χ2v) is 6.84. The summed E-state index contributed by atoms with van der Waals surface area (Å²) in [7, 11) is 1.54. The lowest BCUT2D eigenvalue weighted by Gasteiger charge is -2.01. The highest BCUT2D eigenvalue weighted by Gasteiger charge is 2.25. The summed E-state index contributed by atoms with van der Waals surface area (Å²) in [6.45, 7) is 0.286. The molecule has 0 fully saturated rings. The Kier molecular flexibility index (Phi) is 6.35. The number of methoxy groups -OCH3 is 1. The Bertz CT molecular complexity index is 1060. The van der Waals surface area contributed by atoms with Crippen molar-refractivity contribution < 1.29 is 14.5 Å². The van der Waals surface area contributed by atoms with Crippen LogP contribution in [-0.4, -0.2) is 33.9 Å². The molecule has 0 saturated carbocycles. The Morgan fingerprint density at radius 2 is 2.10 bits per heavy atom. The number of nitro groups is 1. The van der Waals surface area contributed by atoms with Crippen molar-refractivity contribution >= 4 is 33.7 Å². The number of benzene rings is 2. The first kappa shape index (κ1) is 20.2. The van der Waals surface area contributed by atoms with E-state index in [2.05, 4.69) is 31.6 Å². The van der Waals surface area contributed by atoms with E-state index in [4.69, 9.17) is 4.74 Å². The Morgan fingerprint density at radius 1 is 1.34 bits per heavy atom. The van der Waals surface area contributed by atoms with Gasteiger partial charge in [0, 0.05) is 4.47 Å².